The fraction of sp³-hybridized carbons (Fsp3) is 0.278. The fourth-order valence-corrected chi connectivity index (χ4v) is 2.84. The number of nitrogens with zero attached hydrogens (tertiary/aromatic N) is 2. The van der Waals surface area contributed by atoms with Gasteiger partial charge >= 0.3 is 0 Å². The first kappa shape index (κ1) is 17.3. The first-order valence-electron chi connectivity index (χ1n) is 7.98. The van der Waals surface area contributed by atoms with Gasteiger partial charge in [-0.1, -0.05) is 37.7 Å². The van der Waals surface area contributed by atoms with E-state index < -0.39 is 0 Å². The molecule has 1 atom stereocenters. The fourth-order valence-electron chi connectivity index (χ4n) is 2.16. The summed E-state index contributed by atoms with van der Waals surface area (Å²) in [5.41, 5.74) is 2.00. The number of anilines is 1. The molecule has 0 spiro atoms. The molecule has 130 valence electrons. The van der Waals surface area contributed by atoms with Gasteiger partial charge in [0, 0.05) is 5.69 Å². The molecule has 1 N–H and O–H groups in total. The Balaban J connectivity index is 1.59. The Bertz CT molecular complexity index is 826. The summed E-state index contributed by atoms with van der Waals surface area (Å²) in [5.74, 6) is 1.13. The van der Waals surface area contributed by atoms with Crippen LogP contribution in [0.2, 0.25) is 0 Å². The van der Waals surface area contributed by atoms with Gasteiger partial charge in [0.2, 0.25) is 5.91 Å². The van der Waals surface area contributed by atoms with Crippen LogP contribution in [0.3, 0.4) is 0 Å². The van der Waals surface area contributed by atoms with Gasteiger partial charge in [-0.2, -0.15) is 0 Å². The Kier molecular flexibility index (Phi) is 5.23. The number of amides is 1. The first-order valence-corrected chi connectivity index (χ1v) is 8.86. The number of carbonyl (C=O) groups is 1. The molecule has 0 saturated heterocycles. The van der Waals surface area contributed by atoms with Gasteiger partial charge in [0.15, 0.2) is 5.76 Å². The highest BCUT2D eigenvalue weighted by atomic mass is 32.2. The normalized spacial score (nSPS) is 12.3. The van der Waals surface area contributed by atoms with Gasteiger partial charge in [-0.15, -0.1) is 10.2 Å². The molecule has 3 aromatic rings. The summed E-state index contributed by atoms with van der Waals surface area (Å²) in [6.07, 6.45) is 1.53. The SMILES string of the molecule is CC(C)c1ccc(NC(=O)[C@@H](C)Sc2nnc(-c3ccco3)o2)cc1. The highest BCUT2D eigenvalue weighted by molar-refractivity contribution is 8.00. The van der Waals surface area contributed by atoms with E-state index in [0.717, 1.165) is 5.69 Å². The Hall–Kier alpha value is -2.54. The third-order valence-electron chi connectivity index (χ3n) is 3.63. The molecule has 0 aliphatic rings. The lowest BCUT2D eigenvalue weighted by molar-refractivity contribution is -0.115. The second-order valence-electron chi connectivity index (χ2n) is 5.88. The Labute approximate surface area is 150 Å². The highest BCUT2D eigenvalue weighted by Crippen LogP contribution is 2.27. The molecule has 0 unspecified atom stereocenters. The molecule has 0 radical (unpaired) electrons. The number of carbonyl (C=O) groups excluding carboxylic acids is 1. The van der Waals surface area contributed by atoms with Crippen LogP contribution in [0.1, 0.15) is 32.3 Å². The van der Waals surface area contributed by atoms with E-state index in [4.69, 9.17) is 8.83 Å². The van der Waals surface area contributed by atoms with E-state index in [1.807, 2.05) is 24.3 Å². The minimum absolute atomic E-state index is 0.125. The predicted molar refractivity (Wildman–Crippen MR) is 96.5 cm³/mol. The summed E-state index contributed by atoms with van der Waals surface area (Å²) in [4.78, 5) is 12.3. The van der Waals surface area contributed by atoms with E-state index in [-0.39, 0.29) is 11.2 Å². The lowest BCUT2D eigenvalue weighted by Crippen LogP contribution is -2.22. The van der Waals surface area contributed by atoms with Crippen molar-refractivity contribution < 1.29 is 13.6 Å². The van der Waals surface area contributed by atoms with Crippen LogP contribution in [-0.4, -0.2) is 21.4 Å². The Morgan fingerprint density at radius 3 is 2.52 bits per heavy atom. The second-order valence-corrected chi connectivity index (χ2v) is 7.17. The number of hydrogen-bond donors (Lipinski definition) is 1. The van der Waals surface area contributed by atoms with Crippen LogP contribution in [0.15, 0.2) is 56.7 Å². The number of hydrogen-bond acceptors (Lipinski definition) is 6. The highest BCUT2D eigenvalue weighted by Gasteiger charge is 2.19. The van der Waals surface area contributed by atoms with Crippen molar-refractivity contribution in [3.63, 3.8) is 0 Å². The zero-order valence-electron chi connectivity index (χ0n) is 14.2. The molecule has 0 saturated carbocycles. The molecule has 25 heavy (non-hydrogen) atoms. The lowest BCUT2D eigenvalue weighted by atomic mass is 10.0. The predicted octanol–water partition coefficient (Wildman–Crippen LogP) is 4.57. The van der Waals surface area contributed by atoms with Gasteiger partial charge in [0.1, 0.15) is 0 Å². The average Bonchev–Trinajstić information content (AvgIpc) is 3.26. The van der Waals surface area contributed by atoms with Crippen molar-refractivity contribution in [2.24, 2.45) is 0 Å². The maximum Gasteiger partial charge on any atom is 0.284 e. The van der Waals surface area contributed by atoms with Crippen molar-refractivity contribution in [2.75, 3.05) is 5.32 Å². The number of aromatic nitrogens is 2. The standard InChI is InChI=1S/C18H19N3O3S/c1-11(2)13-6-8-14(9-7-13)19-16(22)12(3)25-18-21-20-17(24-18)15-5-4-10-23-15/h4-12H,1-3H3,(H,19,22)/t12-/m1/s1. The molecule has 2 aromatic heterocycles. The van der Waals surface area contributed by atoms with E-state index >= 15 is 0 Å². The number of furan rings is 1. The van der Waals surface area contributed by atoms with Crippen molar-refractivity contribution in [1.82, 2.24) is 10.2 Å². The summed E-state index contributed by atoms with van der Waals surface area (Å²) in [6.45, 7) is 6.06. The minimum Gasteiger partial charge on any atom is -0.459 e. The number of benzene rings is 1. The van der Waals surface area contributed by atoms with Gasteiger partial charge in [-0.25, -0.2) is 0 Å². The Morgan fingerprint density at radius 2 is 1.88 bits per heavy atom. The number of rotatable bonds is 6. The summed E-state index contributed by atoms with van der Waals surface area (Å²) in [6, 6.07) is 11.3. The van der Waals surface area contributed by atoms with E-state index in [1.165, 1.54) is 23.6 Å². The van der Waals surface area contributed by atoms with Crippen LogP contribution in [-0.2, 0) is 4.79 Å². The van der Waals surface area contributed by atoms with Crippen molar-refractivity contribution in [2.45, 2.75) is 37.2 Å². The van der Waals surface area contributed by atoms with Crippen LogP contribution >= 0.6 is 11.8 Å². The largest absolute Gasteiger partial charge is 0.459 e. The zero-order valence-corrected chi connectivity index (χ0v) is 15.0. The molecule has 3 rings (SSSR count). The molecular weight excluding hydrogens is 338 g/mol. The van der Waals surface area contributed by atoms with Gasteiger partial charge in [0.25, 0.3) is 11.1 Å². The van der Waals surface area contributed by atoms with Crippen molar-refractivity contribution in [3.05, 3.63) is 48.2 Å². The molecule has 1 aromatic carbocycles. The second kappa shape index (κ2) is 7.57. The number of nitrogens with one attached hydrogen (secondary N) is 1. The first-order chi connectivity index (χ1) is 12.0. The lowest BCUT2D eigenvalue weighted by Gasteiger charge is -2.11. The van der Waals surface area contributed by atoms with E-state index in [9.17, 15) is 4.79 Å². The van der Waals surface area contributed by atoms with E-state index in [1.54, 1.807) is 19.1 Å². The molecule has 1 amide bonds. The minimum atomic E-state index is -0.380. The van der Waals surface area contributed by atoms with Gasteiger partial charge in [-0.05, 0) is 42.7 Å². The quantitative estimate of drug-likeness (QED) is 0.651. The van der Waals surface area contributed by atoms with Crippen molar-refractivity contribution in [3.8, 4) is 11.7 Å². The van der Waals surface area contributed by atoms with Crippen LogP contribution in [0, 0.1) is 0 Å². The molecule has 0 aliphatic carbocycles. The van der Waals surface area contributed by atoms with Crippen LogP contribution in [0.25, 0.3) is 11.7 Å². The van der Waals surface area contributed by atoms with E-state index in [2.05, 4.69) is 29.4 Å². The third kappa shape index (κ3) is 4.30. The molecular formula is C18H19N3O3S. The average molecular weight is 357 g/mol. The monoisotopic (exact) mass is 357 g/mol. The summed E-state index contributed by atoms with van der Waals surface area (Å²) in [5, 5.41) is 10.7. The molecule has 7 heteroatoms. The van der Waals surface area contributed by atoms with Gasteiger partial charge in [0.05, 0.1) is 11.5 Å². The van der Waals surface area contributed by atoms with Crippen molar-refractivity contribution >= 4 is 23.4 Å². The maximum absolute atomic E-state index is 12.3. The third-order valence-corrected chi connectivity index (χ3v) is 4.56. The Morgan fingerprint density at radius 1 is 1.12 bits per heavy atom. The summed E-state index contributed by atoms with van der Waals surface area (Å²) in [7, 11) is 0. The number of thioether (sulfide) groups is 1. The van der Waals surface area contributed by atoms with Gasteiger partial charge in [-0.3, -0.25) is 4.79 Å². The molecule has 0 bridgehead atoms. The van der Waals surface area contributed by atoms with Gasteiger partial charge < -0.3 is 14.2 Å². The molecule has 2 heterocycles. The van der Waals surface area contributed by atoms with Crippen molar-refractivity contribution in [1.29, 1.82) is 0 Å². The summed E-state index contributed by atoms with van der Waals surface area (Å²) < 4.78 is 10.7. The molecule has 0 aliphatic heterocycles. The smallest absolute Gasteiger partial charge is 0.284 e. The molecule has 0 fully saturated rings. The van der Waals surface area contributed by atoms with E-state index in [0.29, 0.717) is 22.8 Å². The van der Waals surface area contributed by atoms with Crippen LogP contribution in [0.5, 0.6) is 0 Å². The van der Waals surface area contributed by atoms with Crippen LogP contribution in [0.4, 0.5) is 5.69 Å². The maximum atomic E-state index is 12.3. The zero-order chi connectivity index (χ0) is 17.8. The topological polar surface area (TPSA) is 81.2 Å². The summed E-state index contributed by atoms with van der Waals surface area (Å²) >= 11 is 1.20. The van der Waals surface area contributed by atoms with Crippen LogP contribution < -0.4 is 5.32 Å². The molecule has 6 nitrogen and oxygen atoms in total.